The van der Waals surface area contributed by atoms with Crippen molar-refractivity contribution in [2.45, 2.75) is 38.8 Å². The van der Waals surface area contributed by atoms with Crippen LogP contribution in [-0.4, -0.2) is 48.3 Å². The Hall–Kier alpha value is -2.60. The Kier molecular flexibility index (Phi) is 4.89. The van der Waals surface area contributed by atoms with Gasteiger partial charge in [0.15, 0.2) is 0 Å². The molecule has 0 aliphatic carbocycles. The van der Waals surface area contributed by atoms with Gasteiger partial charge in [-0.15, -0.1) is 0 Å². The first kappa shape index (κ1) is 19.4. The van der Waals surface area contributed by atoms with Crippen LogP contribution in [0.1, 0.15) is 38.3 Å². The summed E-state index contributed by atoms with van der Waals surface area (Å²) >= 11 is 0. The van der Waals surface area contributed by atoms with E-state index < -0.39 is 0 Å². The molecule has 158 valence electrons. The van der Waals surface area contributed by atoms with Gasteiger partial charge in [0.05, 0.1) is 18.3 Å². The lowest BCUT2D eigenvalue weighted by Gasteiger charge is -2.44. The zero-order chi connectivity index (χ0) is 20.7. The number of fused-ring (bicyclic) bond motifs is 4. The van der Waals surface area contributed by atoms with Gasteiger partial charge in [-0.2, -0.15) is 0 Å². The molecule has 6 rings (SSSR count). The average Bonchev–Trinajstić information content (AvgIpc) is 2.77. The quantitative estimate of drug-likeness (QED) is 0.832. The van der Waals surface area contributed by atoms with Crippen molar-refractivity contribution in [3.8, 4) is 17.0 Å². The van der Waals surface area contributed by atoms with Gasteiger partial charge in [0.25, 0.3) is 0 Å². The van der Waals surface area contributed by atoms with Crippen LogP contribution in [0.15, 0.2) is 42.6 Å². The fraction of sp³-hybridized carbons (Fsp3) is 0.500. The Labute approximate surface area is 177 Å². The van der Waals surface area contributed by atoms with Crippen molar-refractivity contribution in [2.24, 2.45) is 11.3 Å². The summed E-state index contributed by atoms with van der Waals surface area (Å²) in [6.45, 7) is 7.87. The molecule has 6 nitrogen and oxygen atoms in total. The summed E-state index contributed by atoms with van der Waals surface area (Å²) in [5, 5.41) is 3.16. The summed E-state index contributed by atoms with van der Waals surface area (Å²) in [6, 6.07) is 11.8. The summed E-state index contributed by atoms with van der Waals surface area (Å²) in [5.41, 5.74) is 2.65. The highest BCUT2D eigenvalue weighted by Crippen LogP contribution is 2.44. The van der Waals surface area contributed by atoms with Crippen LogP contribution in [0, 0.1) is 11.3 Å². The van der Waals surface area contributed by atoms with Crippen LogP contribution in [0.3, 0.4) is 0 Å². The second kappa shape index (κ2) is 7.58. The highest BCUT2D eigenvalue weighted by atomic mass is 16.6. The van der Waals surface area contributed by atoms with Crippen LogP contribution in [0.5, 0.6) is 5.75 Å². The lowest BCUT2D eigenvalue weighted by molar-refractivity contribution is -0.0361. The fourth-order valence-electron chi connectivity index (χ4n) is 4.97. The molecule has 3 fully saturated rings. The lowest BCUT2D eigenvalue weighted by Crippen LogP contribution is -2.53. The lowest BCUT2D eigenvalue weighted by atomic mass is 9.78. The second-order valence-electron chi connectivity index (χ2n) is 9.40. The molecular formula is C24H29N3O3. The largest absolute Gasteiger partial charge is 0.493 e. The highest BCUT2D eigenvalue weighted by Gasteiger charge is 2.41. The molecule has 4 aliphatic rings. The summed E-state index contributed by atoms with van der Waals surface area (Å²) < 4.78 is 12.0. The van der Waals surface area contributed by atoms with Gasteiger partial charge in [-0.05, 0) is 50.0 Å². The first-order valence-corrected chi connectivity index (χ1v) is 10.9. The van der Waals surface area contributed by atoms with E-state index in [1.807, 2.05) is 36.4 Å². The van der Waals surface area contributed by atoms with Crippen molar-refractivity contribution in [1.82, 2.24) is 15.2 Å². The standard InChI is InChI=1S/C24H29N3O3/c1-24(2)15-29-20-13-17(19-5-3-4-10-25-19)6-7-18(20)22(24)26-23(28)30-21-14-27-11-8-16(21)9-12-27/h3-7,10,13,16,21-22H,8-9,11-12,14-15H2,1-2H3,(H,26,28)/t21-,22?/m1/s1. The minimum Gasteiger partial charge on any atom is -0.493 e. The highest BCUT2D eigenvalue weighted by molar-refractivity contribution is 5.69. The number of ether oxygens (including phenoxy) is 2. The molecule has 1 unspecified atom stereocenters. The number of carbonyl (C=O) groups is 1. The summed E-state index contributed by atoms with van der Waals surface area (Å²) in [6.07, 6.45) is 3.71. The van der Waals surface area contributed by atoms with Crippen LogP contribution in [0.2, 0.25) is 0 Å². The zero-order valence-electron chi connectivity index (χ0n) is 17.6. The Balaban J connectivity index is 1.35. The van der Waals surface area contributed by atoms with E-state index in [1.165, 1.54) is 0 Å². The third-order valence-electron chi connectivity index (χ3n) is 6.78. The maximum absolute atomic E-state index is 12.8. The Morgan fingerprint density at radius 3 is 2.77 bits per heavy atom. The number of amides is 1. The summed E-state index contributed by atoms with van der Waals surface area (Å²) in [5.74, 6) is 1.29. The van der Waals surface area contributed by atoms with Crippen LogP contribution < -0.4 is 10.1 Å². The van der Waals surface area contributed by atoms with Crippen molar-refractivity contribution in [3.63, 3.8) is 0 Å². The third kappa shape index (κ3) is 3.65. The van der Waals surface area contributed by atoms with Gasteiger partial charge in [-0.1, -0.05) is 32.0 Å². The number of rotatable bonds is 3. The molecule has 0 radical (unpaired) electrons. The number of carbonyl (C=O) groups excluding carboxylic acids is 1. The molecule has 2 aromatic rings. The van der Waals surface area contributed by atoms with Crippen LogP contribution in [0.4, 0.5) is 4.79 Å². The number of nitrogens with one attached hydrogen (secondary N) is 1. The molecule has 1 aromatic heterocycles. The molecule has 4 aliphatic heterocycles. The monoisotopic (exact) mass is 407 g/mol. The Morgan fingerprint density at radius 1 is 1.23 bits per heavy atom. The minimum absolute atomic E-state index is 0.00135. The van der Waals surface area contributed by atoms with Gasteiger partial charge in [0, 0.05) is 29.3 Å². The number of hydrogen-bond donors (Lipinski definition) is 1. The van der Waals surface area contributed by atoms with Crippen molar-refractivity contribution in [2.75, 3.05) is 26.2 Å². The summed E-state index contributed by atoms with van der Waals surface area (Å²) in [7, 11) is 0. The van der Waals surface area contributed by atoms with Crippen LogP contribution in [-0.2, 0) is 4.74 Å². The number of hydrogen-bond acceptors (Lipinski definition) is 5. The molecule has 1 N–H and O–H groups in total. The van der Waals surface area contributed by atoms with Crippen molar-refractivity contribution < 1.29 is 14.3 Å². The van der Waals surface area contributed by atoms with Crippen molar-refractivity contribution >= 4 is 6.09 Å². The van der Waals surface area contributed by atoms with Gasteiger partial charge >= 0.3 is 6.09 Å². The SMILES string of the molecule is CC1(C)COc2cc(-c3ccccn3)ccc2C1NC(=O)O[C@@H]1CN2CCC1CC2. The predicted molar refractivity (Wildman–Crippen MR) is 114 cm³/mol. The Morgan fingerprint density at radius 2 is 2.07 bits per heavy atom. The molecule has 6 heteroatoms. The smallest absolute Gasteiger partial charge is 0.407 e. The number of piperidine rings is 3. The number of alkyl carbamates (subject to hydrolysis) is 1. The first-order chi connectivity index (χ1) is 14.5. The maximum Gasteiger partial charge on any atom is 0.407 e. The maximum atomic E-state index is 12.8. The second-order valence-corrected chi connectivity index (χ2v) is 9.40. The van der Waals surface area contributed by atoms with Gasteiger partial charge < -0.3 is 14.8 Å². The van der Waals surface area contributed by atoms with E-state index in [4.69, 9.17) is 9.47 Å². The number of benzene rings is 1. The fourth-order valence-corrected chi connectivity index (χ4v) is 4.97. The molecule has 1 amide bonds. The van der Waals surface area contributed by atoms with Gasteiger partial charge in [0.1, 0.15) is 11.9 Å². The molecule has 0 saturated carbocycles. The molecule has 1 aromatic carbocycles. The van der Waals surface area contributed by atoms with Crippen molar-refractivity contribution in [1.29, 1.82) is 0 Å². The topological polar surface area (TPSA) is 63.7 Å². The summed E-state index contributed by atoms with van der Waals surface area (Å²) in [4.78, 5) is 19.7. The predicted octanol–water partition coefficient (Wildman–Crippen LogP) is 4.03. The van der Waals surface area contributed by atoms with Gasteiger partial charge in [-0.25, -0.2) is 4.79 Å². The molecule has 2 bridgehead atoms. The number of aromatic nitrogens is 1. The molecule has 3 saturated heterocycles. The number of nitrogens with zero attached hydrogens (tertiary/aromatic N) is 2. The van der Waals surface area contributed by atoms with Gasteiger partial charge in [-0.3, -0.25) is 9.88 Å². The van der Waals surface area contributed by atoms with E-state index in [-0.39, 0.29) is 23.7 Å². The van der Waals surface area contributed by atoms with E-state index in [0.29, 0.717) is 12.5 Å². The van der Waals surface area contributed by atoms with E-state index >= 15 is 0 Å². The number of pyridine rings is 1. The molecule has 0 spiro atoms. The molecular weight excluding hydrogens is 378 g/mol. The van der Waals surface area contributed by atoms with E-state index in [2.05, 4.69) is 29.0 Å². The van der Waals surface area contributed by atoms with Gasteiger partial charge in [0.2, 0.25) is 0 Å². The average molecular weight is 408 g/mol. The van der Waals surface area contributed by atoms with E-state index in [1.54, 1.807) is 6.20 Å². The van der Waals surface area contributed by atoms with E-state index in [9.17, 15) is 4.79 Å². The first-order valence-electron chi connectivity index (χ1n) is 10.9. The van der Waals surface area contributed by atoms with Crippen LogP contribution >= 0.6 is 0 Å². The minimum atomic E-state index is -0.325. The van der Waals surface area contributed by atoms with Crippen molar-refractivity contribution in [3.05, 3.63) is 48.2 Å². The zero-order valence-corrected chi connectivity index (χ0v) is 17.6. The molecule has 2 atom stereocenters. The molecule has 30 heavy (non-hydrogen) atoms. The third-order valence-corrected chi connectivity index (χ3v) is 6.78. The Bertz CT molecular complexity index is 923. The van der Waals surface area contributed by atoms with E-state index in [0.717, 1.165) is 55.0 Å². The van der Waals surface area contributed by atoms with Crippen LogP contribution in [0.25, 0.3) is 11.3 Å². The molecule has 5 heterocycles. The normalized spacial score (nSPS) is 28.9.